The maximum Gasteiger partial charge on any atom is 0.258 e. The van der Waals surface area contributed by atoms with Crippen LogP contribution >= 0.6 is 11.6 Å². The van der Waals surface area contributed by atoms with Crippen LogP contribution in [0.4, 0.5) is 11.8 Å². The van der Waals surface area contributed by atoms with Gasteiger partial charge in [-0.2, -0.15) is 9.50 Å². The monoisotopic (exact) mass is 442 g/mol. The lowest BCUT2D eigenvalue weighted by atomic mass is 10.1. The van der Waals surface area contributed by atoms with Gasteiger partial charge in [0.2, 0.25) is 5.95 Å². The Morgan fingerprint density at radius 2 is 1.97 bits per heavy atom. The smallest absolute Gasteiger partial charge is 0.258 e. The molecule has 8 nitrogen and oxygen atoms in total. The topological polar surface area (TPSA) is 83.8 Å². The number of rotatable bonds is 7. The van der Waals surface area contributed by atoms with E-state index in [1.807, 2.05) is 24.3 Å². The number of benzene rings is 1. The summed E-state index contributed by atoms with van der Waals surface area (Å²) in [5.41, 5.74) is 2.29. The Labute approximate surface area is 186 Å². The number of aromatic nitrogens is 3. The standard InChI is InChI=1S/C22H27ClN6O2/c1-3-15(2)24-19-12-18(23)13-20-25-22(27-29(19)20)26-21(30)17-6-4-16(5-7-17)14-28-8-10-31-11-9-28/h4-7,12-13,15,24H,3,8-11,14H2,1-2H3,(H,26,27,30). The number of amides is 1. The lowest BCUT2D eigenvalue weighted by Crippen LogP contribution is -2.35. The van der Waals surface area contributed by atoms with Crippen molar-refractivity contribution in [2.45, 2.75) is 32.9 Å². The molecule has 1 amide bonds. The van der Waals surface area contributed by atoms with Gasteiger partial charge in [-0.25, -0.2) is 0 Å². The molecule has 1 aromatic carbocycles. The van der Waals surface area contributed by atoms with Crippen LogP contribution < -0.4 is 10.6 Å². The number of fused-ring (bicyclic) bond motifs is 1. The first-order chi connectivity index (χ1) is 15.0. The van der Waals surface area contributed by atoms with Gasteiger partial charge in [0.25, 0.3) is 5.91 Å². The third-order valence-corrected chi connectivity index (χ3v) is 5.58. The molecule has 3 aromatic rings. The highest BCUT2D eigenvalue weighted by Gasteiger charge is 2.15. The number of hydrogen-bond donors (Lipinski definition) is 2. The molecule has 1 aliphatic rings. The highest BCUT2D eigenvalue weighted by Crippen LogP contribution is 2.21. The number of hydrogen-bond acceptors (Lipinski definition) is 6. The van der Waals surface area contributed by atoms with Crippen LogP contribution in [0.15, 0.2) is 36.4 Å². The SMILES string of the molecule is CCC(C)Nc1cc(Cl)cc2nc(NC(=O)c3ccc(CN4CCOCC4)cc3)nn12. The molecule has 1 unspecified atom stereocenters. The highest BCUT2D eigenvalue weighted by molar-refractivity contribution is 6.31. The van der Waals surface area contributed by atoms with Gasteiger partial charge in [-0.1, -0.05) is 30.7 Å². The average Bonchev–Trinajstić information content (AvgIpc) is 3.17. The summed E-state index contributed by atoms with van der Waals surface area (Å²) in [6.45, 7) is 8.43. The number of carbonyl (C=O) groups excluding carboxylic acids is 1. The van der Waals surface area contributed by atoms with Crippen molar-refractivity contribution in [2.24, 2.45) is 0 Å². The molecule has 2 aromatic heterocycles. The summed E-state index contributed by atoms with van der Waals surface area (Å²) in [4.78, 5) is 19.4. The summed E-state index contributed by atoms with van der Waals surface area (Å²) < 4.78 is 7.04. The zero-order valence-corrected chi connectivity index (χ0v) is 18.5. The Kier molecular flexibility index (Phi) is 6.70. The third kappa shape index (κ3) is 5.33. The molecular weight excluding hydrogens is 416 g/mol. The van der Waals surface area contributed by atoms with E-state index in [1.54, 1.807) is 16.6 Å². The first-order valence-electron chi connectivity index (χ1n) is 10.5. The van der Waals surface area contributed by atoms with E-state index in [9.17, 15) is 4.79 Å². The van der Waals surface area contributed by atoms with Crippen molar-refractivity contribution in [3.8, 4) is 0 Å². The molecule has 0 spiro atoms. The normalized spacial score (nSPS) is 15.7. The van der Waals surface area contributed by atoms with Crippen molar-refractivity contribution in [3.05, 3.63) is 52.5 Å². The van der Waals surface area contributed by atoms with Crippen molar-refractivity contribution in [1.29, 1.82) is 0 Å². The molecule has 2 N–H and O–H groups in total. The number of nitrogens with zero attached hydrogens (tertiary/aromatic N) is 4. The lowest BCUT2D eigenvalue weighted by molar-refractivity contribution is 0.0342. The van der Waals surface area contributed by atoms with Gasteiger partial charge in [0, 0.05) is 42.3 Å². The molecule has 1 fully saturated rings. The molecule has 1 atom stereocenters. The summed E-state index contributed by atoms with van der Waals surface area (Å²) in [6, 6.07) is 11.4. The molecule has 1 saturated heterocycles. The number of pyridine rings is 1. The molecule has 31 heavy (non-hydrogen) atoms. The van der Waals surface area contributed by atoms with E-state index in [0.717, 1.165) is 45.1 Å². The minimum atomic E-state index is -0.253. The highest BCUT2D eigenvalue weighted by atomic mass is 35.5. The second-order valence-electron chi connectivity index (χ2n) is 7.76. The van der Waals surface area contributed by atoms with Crippen molar-refractivity contribution in [1.82, 2.24) is 19.5 Å². The van der Waals surface area contributed by atoms with Gasteiger partial charge in [0.15, 0.2) is 5.65 Å². The second kappa shape index (κ2) is 9.64. The van der Waals surface area contributed by atoms with Crippen LogP contribution in [0.2, 0.25) is 5.02 Å². The van der Waals surface area contributed by atoms with Gasteiger partial charge in [0.1, 0.15) is 5.82 Å². The molecule has 3 heterocycles. The quantitative estimate of drug-likeness (QED) is 0.580. The van der Waals surface area contributed by atoms with E-state index in [0.29, 0.717) is 16.2 Å². The number of anilines is 2. The van der Waals surface area contributed by atoms with Crippen LogP contribution in [-0.4, -0.2) is 57.8 Å². The Bertz CT molecular complexity index is 1050. The second-order valence-corrected chi connectivity index (χ2v) is 8.19. The predicted octanol–water partition coefficient (Wildman–Crippen LogP) is 3.68. The first kappa shape index (κ1) is 21.5. The zero-order chi connectivity index (χ0) is 21.8. The van der Waals surface area contributed by atoms with Gasteiger partial charge < -0.3 is 10.1 Å². The van der Waals surface area contributed by atoms with Gasteiger partial charge >= 0.3 is 0 Å². The van der Waals surface area contributed by atoms with E-state index in [1.165, 1.54) is 5.56 Å². The molecule has 0 radical (unpaired) electrons. The summed E-state index contributed by atoms with van der Waals surface area (Å²) in [7, 11) is 0. The van der Waals surface area contributed by atoms with Gasteiger partial charge in [0.05, 0.1) is 13.2 Å². The maximum absolute atomic E-state index is 12.7. The number of morpholine rings is 1. The summed E-state index contributed by atoms with van der Waals surface area (Å²) in [5.74, 6) is 0.713. The Morgan fingerprint density at radius 1 is 1.23 bits per heavy atom. The van der Waals surface area contributed by atoms with Crippen molar-refractivity contribution in [3.63, 3.8) is 0 Å². The zero-order valence-electron chi connectivity index (χ0n) is 17.8. The number of nitrogens with one attached hydrogen (secondary N) is 2. The van der Waals surface area contributed by atoms with Crippen LogP contribution in [0, 0.1) is 0 Å². The number of ether oxygens (including phenoxy) is 1. The lowest BCUT2D eigenvalue weighted by Gasteiger charge is -2.26. The number of carbonyl (C=O) groups is 1. The van der Waals surface area contributed by atoms with Crippen molar-refractivity contribution >= 4 is 34.9 Å². The van der Waals surface area contributed by atoms with E-state index in [-0.39, 0.29) is 17.9 Å². The molecule has 9 heteroatoms. The molecule has 0 aliphatic carbocycles. The fourth-order valence-corrected chi connectivity index (χ4v) is 3.62. The fourth-order valence-electron chi connectivity index (χ4n) is 3.41. The van der Waals surface area contributed by atoms with Crippen LogP contribution in [0.3, 0.4) is 0 Å². The Morgan fingerprint density at radius 3 is 2.68 bits per heavy atom. The fraction of sp³-hybridized carbons (Fsp3) is 0.409. The molecule has 1 aliphatic heterocycles. The molecule has 0 saturated carbocycles. The van der Waals surface area contributed by atoms with E-state index in [2.05, 4.69) is 39.5 Å². The summed E-state index contributed by atoms with van der Waals surface area (Å²) >= 11 is 6.23. The van der Waals surface area contributed by atoms with Crippen molar-refractivity contribution < 1.29 is 9.53 Å². The number of halogens is 1. The van der Waals surface area contributed by atoms with E-state index >= 15 is 0 Å². The van der Waals surface area contributed by atoms with Gasteiger partial charge in [-0.3, -0.25) is 15.0 Å². The van der Waals surface area contributed by atoms with E-state index in [4.69, 9.17) is 16.3 Å². The van der Waals surface area contributed by atoms with Crippen LogP contribution in [0.25, 0.3) is 5.65 Å². The largest absolute Gasteiger partial charge is 0.379 e. The summed E-state index contributed by atoms with van der Waals surface area (Å²) in [5, 5.41) is 11.1. The van der Waals surface area contributed by atoms with Crippen molar-refractivity contribution in [2.75, 3.05) is 36.9 Å². The minimum absolute atomic E-state index is 0.233. The van der Waals surface area contributed by atoms with Gasteiger partial charge in [-0.05, 0) is 37.1 Å². The predicted molar refractivity (Wildman–Crippen MR) is 122 cm³/mol. The van der Waals surface area contributed by atoms with Crippen LogP contribution in [0.5, 0.6) is 0 Å². The molecular formula is C22H27ClN6O2. The third-order valence-electron chi connectivity index (χ3n) is 5.36. The van der Waals surface area contributed by atoms with E-state index < -0.39 is 0 Å². The molecule has 0 bridgehead atoms. The average molecular weight is 443 g/mol. The first-order valence-corrected chi connectivity index (χ1v) is 10.9. The molecule has 164 valence electrons. The Balaban J connectivity index is 1.46. The molecule has 4 rings (SSSR count). The van der Waals surface area contributed by atoms with Gasteiger partial charge in [-0.15, -0.1) is 5.10 Å². The summed E-state index contributed by atoms with van der Waals surface area (Å²) in [6.07, 6.45) is 0.952. The van der Waals surface area contributed by atoms with Crippen LogP contribution in [-0.2, 0) is 11.3 Å². The van der Waals surface area contributed by atoms with Crippen LogP contribution in [0.1, 0.15) is 36.2 Å². The minimum Gasteiger partial charge on any atom is -0.379 e. The maximum atomic E-state index is 12.7. The Hall–Kier alpha value is -2.68.